The lowest BCUT2D eigenvalue weighted by atomic mass is 10.0. The molecule has 0 spiro atoms. The first-order valence-corrected chi connectivity index (χ1v) is 7.14. The van der Waals surface area contributed by atoms with Crippen molar-refractivity contribution in [1.82, 2.24) is 0 Å². The van der Waals surface area contributed by atoms with E-state index in [4.69, 9.17) is 20.9 Å². The van der Waals surface area contributed by atoms with Crippen LogP contribution in [0.5, 0.6) is 11.5 Å². The van der Waals surface area contributed by atoms with Gasteiger partial charge in [0.1, 0.15) is 13.2 Å². The predicted octanol–water partition coefficient (Wildman–Crippen LogP) is 2.62. The molecule has 0 saturated heterocycles. The summed E-state index contributed by atoms with van der Waals surface area (Å²) in [5.74, 6) is 0.980. The molecule has 5 nitrogen and oxygen atoms in total. The van der Waals surface area contributed by atoms with Crippen molar-refractivity contribution in [3.05, 3.63) is 45.9 Å². The minimum absolute atomic E-state index is 0.198. The third-order valence-corrected chi connectivity index (χ3v) is 3.85. The quantitative estimate of drug-likeness (QED) is 0.643. The third kappa shape index (κ3) is 2.54. The van der Waals surface area contributed by atoms with Gasteiger partial charge in [0.15, 0.2) is 17.3 Å². The molecule has 0 fully saturated rings. The Morgan fingerprint density at radius 1 is 1.00 bits per heavy atom. The Balaban J connectivity index is 2.05. The lowest BCUT2D eigenvalue weighted by Crippen LogP contribution is -2.16. The normalized spacial score (nSPS) is 13.0. The molecule has 0 saturated carbocycles. The topological polar surface area (TPSA) is 87.6 Å². The first-order chi connectivity index (χ1) is 10.1. The smallest absolute Gasteiger partial charge is 0.196 e. The molecule has 0 aromatic heterocycles. The third-order valence-electron chi connectivity index (χ3n) is 3.20. The summed E-state index contributed by atoms with van der Waals surface area (Å²) in [4.78, 5) is 12.6. The summed E-state index contributed by atoms with van der Waals surface area (Å²) in [5, 5.41) is 0. The van der Waals surface area contributed by atoms with E-state index >= 15 is 0 Å². The number of ether oxygens (including phenoxy) is 2. The fraction of sp³-hybridized carbons (Fsp3) is 0.133. The highest BCUT2D eigenvalue weighted by molar-refractivity contribution is 9.10. The standard InChI is InChI=1S/C15H13BrN2O3/c16-11-7-14-13(20-3-4-21-14)6-10(11)15(19)9-2-1-8(17)5-12(9)18/h1-2,5-7H,3-4,17-18H2. The molecule has 2 aromatic rings. The van der Waals surface area contributed by atoms with Crippen LogP contribution in [-0.4, -0.2) is 19.0 Å². The molecule has 0 bridgehead atoms. The van der Waals surface area contributed by atoms with Crippen molar-refractivity contribution in [2.45, 2.75) is 0 Å². The van der Waals surface area contributed by atoms with Gasteiger partial charge in [-0.05, 0) is 46.3 Å². The van der Waals surface area contributed by atoms with Gasteiger partial charge in [-0.25, -0.2) is 0 Å². The molecule has 4 N–H and O–H groups in total. The first-order valence-electron chi connectivity index (χ1n) is 6.35. The molecule has 1 aliphatic rings. The second-order valence-electron chi connectivity index (χ2n) is 4.65. The molecule has 0 atom stereocenters. The van der Waals surface area contributed by atoms with E-state index in [2.05, 4.69) is 15.9 Å². The first kappa shape index (κ1) is 13.8. The molecule has 1 heterocycles. The average molecular weight is 349 g/mol. The number of carbonyl (C=O) groups is 1. The number of fused-ring (bicyclic) bond motifs is 1. The lowest BCUT2D eigenvalue weighted by molar-refractivity contribution is 0.103. The fourth-order valence-corrected chi connectivity index (χ4v) is 2.67. The highest BCUT2D eigenvalue weighted by atomic mass is 79.9. The molecule has 3 rings (SSSR count). The molecule has 1 aliphatic heterocycles. The average Bonchev–Trinajstić information content (AvgIpc) is 2.46. The van der Waals surface area contributed by atoms with Crippen LogP contribution < -0.4 is 20.9 Å². The Morgan fingerprint density at radius 3 is 2.33 bits per heavy atom. The Labute approximate surface area is 130 Å². The molecule has 0 amide bonds. The largest absolute Gasteiger partial charge is 0.486 e. The molecule has 0 unspecified atom stereocenters. The van der Waals surface area contributed by atoms with Gasteiger partial charge in [0.25, 0.3) is 0 Å². The summed E-state index contributed by atoms with van der Waals surface area (Å²) in [7, 11) is 0. The van der Waals surface area contributed by atoms with Gasteiger partial charge in [-0.15, -0.1) is 0 Å². The molecule has 2 aromatic carbocycles. The van der Waals surface area contributed by atoms with Crippen molar-refractivity contribution in [3.8, 4) is 11.5 Å². The SMILES string of the molecule is Nc1ccc(C(=O)c2cc3c(cc2Br)OCCO3)c(N)c1. The van der Waals surface area contributed by atoms with Crippen molar-refractivity contribution >= 4 is 33.1 Å². The highest BCUT2D eigenvalue weighted by Gasteiger charge is 2.21. The number of rotatable bonds is 2. The van der Waals surface area contributed by atoms with Gasteiger partial charge >= 0.3 is 0 Å². The van der Waals surface area contributed by atoms with Crippen LogP contribution in [0.1, 0.15) is 15.9 Å². The van der Waals surface area contributed by atoms with E-state index < -0.39 is 0 Å². The number of benzene rings is 2. The zero-order valence-electron chi connectivity index (χ0n) is 11.1. The van der Waals surface area contributed by atoms with Crippen LogP contribution in [0.4, 0.5) is 11.4 Å². The van der Waals surface area contributed by atoms with Gasteiger partial charge in [0.05, 0.1) is 0 Å². The zero-order valence-corrected chi connectivity index (χ0v) is 12.6. The summed E-state index contributed by atoms with van der Waals surface area (Å²) in [6.07, 6.45) is 0. The molecular formula is C15H13BrN2O3. The Hall–Kier alpha value is -2.21. The number of carbonyl (C=O) groups excluding carboxylic acids is 1. The Morgan fingerprint density at radius 2 is 1.67 bits per heavy atom. The Bertz CT molecular complexity index is 731. The summed E-state index contributed by atoms with van der Waals surface area (Å²) in [6.45, 7) is 0.962. The van der Waals surface area contributed by atoms with Gasteiger partial charge in [0.2, 0.25) is 0 Å². The molecule has 0 radical (unpaired) electrons. The van der Waals surface area contributed by atoms with Crippen molar-refractivity contribution in [2.75, 3.05) is 24.7 Å². The maximum Gasteiger partial charge on any atom is 0.196 e. The number of hydrogen-bond donors (Lipinski definition) is 2. The number of halogens is 1. The lowest BCUT2D eigenvalue weighted by Gasteiger charge is -2.19. The molecule has 0 aliphatic carbocycles. The molecule has 6 heteroatoms. The van der Waals surface area contributed by atoms with Crippen LogP contribution >= 0.6 is 15.9 Å². The summed E-state index contributed by atoms with van der Waals surface area (Å²) in [5.41, 5.74) is 13.3. The Kier molecular flexibility index (Phi) is 3.47. The van der Waals surface area contributed by atoms with Gasteiger partial charge in [0, 0.05) is 27.0 Å². The van der Waals surface area contributed by atoms with E-state index in [1.165, 1.54) is 0 Å². The second kappa shape index (κ2) is 5.29. The molecular weight excluding hydrogens is 336 g/mol. The van der Waals surface area contributed by atoms with E-state index in [1.54, 1.807) is 30.3 Å². The highest BCUT2D eigenvalue weighted by Crippen LogP contribution is 2.36. The van der Waals surface area contributed by atoms with E-state index in [9.17, 15) is 4.79 Å². The minimum Gasteiger partial charge on any atom is -0.486 e. The van der Waals surface area contributed by atoms with Crippen LogP contribution in [0.15, 0.2) is 34.8 Å². The van der Waals surface area contributed by atoms with Crippen LogP contribution in [0.3, 0.4) is 0 Å². The van der Waals surface area contributed by atoms with E-state index in [0.717, 1.165) is 0 Å². The summed E-state index contributed by atoms with van der Waals surface area (Å²) >= 11 is 3.39. The number of hydrogen-bond acceptors (Lipinski definition) is 5. The summed E-state index contributed by atoms with van der Waals surface area (Å²) in [6, 6.07) is 8.23. The van der Waals surface area contributed by atoms with Crippen LogP contribution in [0, 0.1) is 0 Å². The number of ketones is 1. The monoisotopic (exact) mass is 348 g/mol. The van der Waals surface area contributed by atoms with E-state index in [-0.39, 0.29) is 5.78 Å². The van der Waals surface area contributed by atoms with Crippen LogP contribution in [-0.2, 0) is 0 Å². The number of nitrogens with two attached hydrogens (primary N) is 2. The predicted molar refractivity (Wildman–Crippen MR) is 83.8 cm³/mol. The van der Waals surface area contributed by atoms with Gasteiger partial charge < -0.3 is 20.9 Å². The maximum absolute atomic E-state index is 12.6. The van der Waals surface area contributed by atoms with Gasteiger partial charge in [-0.3, -0.25) is 4.79 Å². The van der Waals surface area contributed by atoms with E-state index in [0.29, 0.717) is 51.7 Å². The van der Waals surface area contributed by atoms with Crippen molar-refractivity contribution < 1.29 is 14.3 Å². The second-order valence-corrected chi connectivity index (χ2v) is 5.51. The van der Waals surface area contributed by atoms with Crippen molar-refractivity contribution in [3.63, 3.8) is 0 Å². The zero-order chi connectivity index (χ0) is 15.0. The van der Waals surface area contributed by atoms with Crippen LogP contribution in [0.2, 0.25) is 0 Å². The minimum atomic E-state index is -0.198. The molecule has 108 valence electrons. The number of nitrogen functional groups attached to an aromatic ring is 2. The molecule has 21 heavy (non-hydrogen) atoms. The van der Waals surface area contributed by atoms with Gasteiger partial charge in [-0.2, -0.15) is 0 Å². The summed E-state index contributed by atoms with van der Waals surface area (Å²) < 4.78 is 11.6. The fourth-order valence-electron chi connectivity index (χ4n) is 2.17. The van der Waals surface area contributed by atoms with Crippen molar-refractivity contribution in [2.24, 2.45) is 0 Å². The van der Waals surface area contributed by atoms with Crippen molar-refractivity contribution in [1.29, 1.82) is 0 Å². The van der Waals surface area contributed by atoms with Gasteiger partial charge in [-0.1, -0.05) is 0 Å². The van der Waals surface area contributed by atoms with Crippen LogP contribution in [0.25, 0.3) is 0 Å². The maximum atomic E-state index is 12.6. The number of anilines is 2. The van der Waals surface area contributed by atoms with E-state index in [1.807, 2.05) is 0 Å².